The Hall–Kier alpha value is -4.35. The van der Waals surface area contributed by atoms with Crippen LogP contribution in [0.2, 0.25) is 0 Å². The minimum atomic E-state index is -0.504. The Bertz CT molecular complexity index is 1510. The molecule has 1 aliphatic heterocycles. The molecule has 0 radical (unpaired) electrons. The monoisotopic (exact) mass is 434 g/mol. The minimum Gasteiger partial charge on any atom is -0.493 e. The predicted molar refractivity (Wildman–Crippen MR) is 111 cm³/mol. The van der Waals surface area contributed by atoms with E-state index in [2.05, 4.69) is 35.3 Å². The van der Waals surface area contributed by atoms with Gasteiger partial charge in [-0.05, 0) is 36.6 Å². The molecule has 12 heteroatoms. The summed E-state index contributed by atoms with van der Waals surface area (Å²) in [5.74, 6) is 1.56. The van der Waals surface area contributed by atoms with Crippen molar-refractivity contribution in [3.8, 4) is 17.4 Å². The Morgan fingerprint density at radius 3 is 2.94 bits per heavy atom. The van der Waals surface area contributed by atoms with Gasteiger partial charge in [0.05, 0.1) is 12.2 Å². The first-order valence-electron chi connectivity index (χ1n) is 10.1. The molecule has 1 aliphatic carbocycles. The Kier molecular flexibility index (Phi) is 4.09. The third-order valence-electron chi connectivity index (χ3n) is 5.15. The number of fused-ring (bicyclic) bond motifs is 2. The number of hydrogen-bond acceptors (Lipinski definition) is 9. The Balaban J connectivity index is 1.40. The fourth-order valence-corrected chi connectivity index (χ4v) is 3.39. The van der Waals surface area contributed by atoms with E-state index >= 15 is 0 Å². The third-order valence-corrected chi connectivity index (χ3v) is 5.15. The fourth-order valence-electron chi connectivity index (χ4n) is 3.39. The van der Waals surface area contributed by atoms with Gasteiger partial charge in [0.2, 0.25) is 18.6 Å². The second-order valence-corrected chi connectivity index (χ2v) is 7.57. The van der Waals surface area contributed by atoms with Gasteiger partial charge in [0.25, 0.3) is 5.62 Å². The minimum absolute atomic E-state index is 0.223. The van der Waals surface area contributed by atoms with Crippen LogP contribution in [0, 0.1) is 0 Å². The number of aromatic hydroxyl groups is 1. The molecule has 1 fully saturated rings. The maximum Gasteiger partial charge on any atom is 0.326 e. The van der Waals surface area contributed by atoms with Gasteiger partial charge in [0.15, 0.2) is 17.1 Å². The van der Waals surface area contributed by atoms with Crippen molar-refractivity contribution < 1.29 is 14.6 Å². The normalized spacial score (nSPS) is 16.2. The number of imidazole rings is 1. The van der Waals surface area contributed by atoms with Gasteiger partial charge in [0.1, 0.15) is 5.69 Å². The quantitative estimate of drug-likeness (QED) is 0.337. The van der Waals surface area contributed by atoms with Gasteiger partial charge in [-0.2, -0.15) is 19.6 Å². The maximum absolute atomic E-state index is 11.5. The van der Waals surface area contributed by atoms with Crippen LogP contribution < -0.4 is 31.3 Å². The van der Waals surface area contributed by atoms with Crippen LogP contribution >= 0.6 is 0 Å². The van der Waals surface area contributed by atoms with Gasteiger partial charge >= 0.3 is 5.69 Å². The van der Waals surface area contributed by atoms with Crippen LogP contribution in [0.15, 0.2) is 34.2 Å². The molecular weight excluding hydrogens is 416 g/mol. The van der Waals surface area contributed by atoms with Crippen molar-refractivity contribution >= 4 is 17.7 Å². The standard InChI is InChI=1S/C20H18N8O4/c29-17-13(24-20(30)26-17)6-11-8-22-28-16(11)25-18(27-19(28)23-12-2-3-12)21-7-10-1-4-14-15(5-10)32-9-31-14/h1,4-6,8,12,29H,2-3,7,9H2,(H,21,23,27)(H2,24,26,30). The van der Waals surface area contributed by atoms with Crippen molar-refractivity contribution in [1.82, 2.24) is 29.5 Å². The molecule has 0 bridgehead atoms. The molecule has 162 valence electrons. The lowest BCUT2D eigenvalue weighted by Crippen LogP contribution is -2.24. The number of aromatic nitrogens is 6. The van der Waals surface area contributed by atoms with E-state index in [1.54, 1.807) is 16.8 Å². The molecule has 4 heterocycles. The van der Waals surface area contributed by atoms with Crippen LogP contribution in [0.5, 0.6) is 17.4 Å². The number of nitrogens with one attached hydrogen (secondary N) is 3. The van der Waals surface area contributed by atoms with E-state index in [1.807, 2.05) is 18.2 Å². The van der Waals surface area contributed by atoms with Crippen molar-refractivity contribution in [3.63, 3.8) is 0 Å². The number of H-pyrrole nitrogens is 2. The number of aromatic amines is 2. The van der Waals surface area contributed by atoms with Gasteiger partial charge < -0.3 is 24.9 Å². The summed E-state index contributed by atoms with van der Waals surface area (Å²) in [5, 5.41) is 18.1. The van der Waals surface area contributed by atoms with Crippen LogP contribution in [-0.2, 0) is 6.54 Å². The summed E-state index contributed by atoms with van der Waals surface area (Å²) in [5.41, 5.74) is 1.65. The molecule has 0 amide bonds. The average molecular weight is 434 g/mol. The van der Waals surface area contributed by atoms with Crippen molar-refractivity contribution in [2.24, 2.45) is 4.99 Å². The van der Waals surface area contributed by atoms with Crippen molar-refractivity contribution in [2.45, 2.75) is 25.4 Å². The van der Waals surface area contributed by atoms with Crippen molar-refractivity contribution in [2.75, 3.05) is 12.1 Å². The van der Waals surface area contributed by atoms with Crippen LogP contribution in [0.25, 0.3) is 11.7 Å². The second-order valence-electron chi connectivity index (χ2n) is 7.57. The van der Waals surface area contributed by atoms with E-state index in [9.17, 15) is 9.90 Å². The summed E-state index contributed by atoms with van der Waals surface area (Å²) < 4.78 is 12.3. The Morgan fingerprint density at radius 1 is 1.25 bits per heavy atom. The SMILES string of the molecule is O=c1[nH]c(O)c(C=c2cnn3c(=NC4CC4)nc(NCc4ccc5c(c4)OCO5)nc23)[nH]1. The highest BCUT2D eigenvalue weighted by molar-refractivity contribution is 5.57. The molecule has 0 unspecified atom stereocenters. The molecule has 0 atom stereocenters. The maximum atomic E-state index is 11.5. The van der Waals surface area contributed by atoms with Gasteiger partial charge in [-0.1, -0.05) is 6.07 Å². The summed E-state index contributed by atoms with van der Waals surface area (Å²) >= 11 is 0. The molecule has 0 spiro atoms. The summed E-state index contributed by atoms with van der Waals surface area (Å²) in [6.07, 6.45) is 5.21. The summed E-state index contributed by atoms with van der Waals surface area (Å²) in [7, 11) is 0. The van der Waals surface area contributed by atoms with Crippen molar-refractivity contribution in [1.29, 1.82) is 0 Å². The Labute approximate surface area is 179 Å². The Morgan fingerprint density at radius 2 is 2.12 bits per heavy atom. The lowest BCUT2D eigenvalue weighted by atomic mass is 10.2. The van der Waals surface area contributed by atoms with Gasteiger partial charge in [-0.25, -0.2) is 9.79 Å². The third kappa shape index (κ3) is 3.41. The van der Waals surface area contributed by atoms with Gasteiger partial charge in [0, 0.05) is 11.8 Å². The predicted octanol–water partition coefficient (Wildman–Crippen LogP) is -0.202. The zero-order chi connectivity index (χ0) is 21.7. The zero-order valence-corrected chi connectivity index (χ0v) is 16.7. The van der Waals surface area contributed by atoms with E-state index < -0.39 is 5.69 Å². The highest BCUT2D eigenvalue weighted by atomic mass is 16.7. The lowest BCUT2D eigenvalue weighted by molar-refractivity contribution is 0.174. The number of benzene rings is 1. The van der Waals surface area contributed by atoms with Crippen LogP contribution in [0.3, 0.4) is 0 Å². The number of anilines is 1. The number of ether oxygens (including phenoxy) is 2. The van der Waals surface area contributed by atoms with E-state index in [1.165, 1.54) is 0 Å². The molecule has 12 nitrogen and oxygen atoms in total. The summed E-state index contributed by atoms with van der Waals surface area (Å²) in [4.78, 5) is 30.0. The molecule has 6 rings (SSSR count). The van der Waals surface area contributed by atoms with E-state index in [-0.39, 0.29) is 24.4 Å². The summed E-state index contributed by atoms with van der Waals surface area (Å²) in [6.45, 7) is 0.690. The first-order valence-corrected chi connectivity index (χ1v) is 10.1. The van der Waals surface area contributed by atoms with Gasteiger partial charge in [-0.3, -0.25) is 4.98 Å². The van der Waals surface area contributed by atoms with E-state index in [0.717, 1.165) is 24.2 Å². The smallest absolute Gasteiger partial charge is 0.326 e. The zero-order valence-electron chi connectivity index (χ0n) is 16.7. The first kappa shape index (κ1) is 18.4. The highest BCUT2D eigenvalue weighted by Gasteiger charge is 2.21. The molecule has 3 aromatic heterocycles. The van der Waals surface area contributed by atoms with E-state index in [0.29, 0.717) is 34.7 Å². The molecule has 2 aliphatic rings. The van der Waals surface area contributed by atoms with Crippen molar-refractivity contribution in [3.05, 3.63) is 57.0 Å². The number of nitrogens with zero attached hydrogens (tertiary/aromatic N) is 5. The topological polar surface area (TPSA) is 155 Å². The van der Waals surface area contributed by atoms with Gasteiger partial charge in [-0.15, -0.1) is 0 Å². The first-order chi connectivity index (χ1) is 15.6. The molecule has 1 aromatic carbocycles. The lowest BCUT2D eigenvalue weighted by Gasteiger charge is -2.06. The largest absolute Gasteiger partial charge is 0.493 e. The fraction of sp³-hybridized carbons (Fsp3) is 0.250. The molecule has 4 N–H and O–H groups in total. The average Bonchev–Trinajstić information content (AvgIpc) is 3.16. The molecule has 32 heavy (non-hydrogen) atoms. The summed E-state index contributed by atoms with van der Waals surface area (Å²) in [6, 6.07) is 5.95. The molecule has 4 aromatic rings. The molecule has 1 saturated carbocycles. The number of hydrogen-bond donors (Lipinski definition) is 4. The van der Waals surface area contributed by atoms with E-state index in [4.69, 9.17) is 9.47 Å². The van der Waals surface area contributed by atoms with Crippen LogP contribution in [0.4, 0.5) is 5.95 Å². The molecular formula is C20H18N8O4. The highest BCUT2D eigenvalue weighted by Crippen LogP contribution is 2.32. The number of rotatable bonds is 5. The van der Waals surface area contributed by atoms with Crippen LogP contribution in [0.1, 0.15) is 24.1 Å². The second kappa shape index (κ2) is 7.11. The van der Waals surface area contributed by atoms with Crippen LogP contribution in [-0.4, -0.2) is 47.5 Å². The molecule has 0 saturated heterocycles.